The molecule has 0 aliphatic rings. The molecule has 98 valence electrons. The van der Waals surface area contributed by atoms with E-state index in [1.807, 2.05) is 48.5 Å². The van der Waals surface area contributed by atoms with E-state index in [2.05, 4.69) is 0 Å². The molecule has 0 aromatic heterocycles. The number of ether oxygens (including phenoxy) is 1. The first-order valence-corrected chi connectivity index (χ1v) is 6.71. The molecule has 0 amide bonds. The molecule has 2 aromatic rings. The van der Waals surface area contributed by atoms with Gasteiger partial charge in [-0.1, -0.05) is 60.2 Å². The van der Waals surface area contributed by atoms with E-state index < -0.39 is 0 Å². The quantitative estimate of drug-likeness (QED) is 0.844. The van der Waals surface area contributed by atoms with Gasteiger partial charge in [-0.15, -0.1) is 0 Å². The van der Waals surface area contributed by atoms with Gasteiger partial charge < -0.3 is 10.5 Å². The Hall–Kier alpha value is -1.58. The smallest absolute Gasteiger partial charge is 0.137 e. The molecule has 19 heavy (non-hydrogen) atoms. The van der Waals surface area contributed by atoms with Crippen molar-refractivity contribution in [3.8, 4) is 16.9 Å². The molecule has 0 saturated carbocycles. The summed E-state index contributed by atoms with van der Waals surface area (Å²) in [4.78, 5) is 0.442. The molecule has 2 nitrogen and oxygen atoms in total. The Morgan fingerprint density at radius 1 is 1.11 bits per heavy atom. The molecule has 0 heterocycles. The van der Waals surface area contributed by atoms with Crippen LogP contribution in [-0.4, -0.2) is 11.6 Å². The van der Waals surface area contributed by atoms with Crippen LogP contribution >= 0.6 is 23.8 Å². The van der Waals surface area contributed by atoms with Gasteiger partial charge in [-0.2, -0.15) is 0 Å². The molecule has 0 aliphatic carbocycles. The number of hydrogen-bond acceptors (Lipinski definition) is 2. The van der Waals surface area contributed by atoms with Gasteiger partial charge in [0.25, 0.3) is 0 Å². The molecule has 0 aliphatic heterocycles. The van der Waals surface area contributed by atoms with Crippen LogP contribution in [0.3, 0.4) is 0 Å². The minimum Gasteiger partial charge on any atom is -0.492 e. The van der Waals surface area contributed by atoms with Crippen LogP contribution in [0.25, 0.3) is 11.1 Å². The summed E-state index contributed by atoms with van der Waals surface area (Å²) in [6, 6.07) is 15.8. The van der Waals surface area contributed by atoms with Crippen molar-refractivity contribution >= 4 is 28.8 Å². The lowest BCUT2D eigenvalue weighted by atomic mass is 10.1. The second-order valence-electron chi connectivity index (χ2n) is 4.08. The normalized spacial score (nSPS) is 10.2. The highest BCUT2D eigenvalue weighted by molar-refractivity contribution is 7.80. The SMILES string of the molecule is NC(=S)CCOc1ccc(-c2ccccc2)cc1Cl. The summed E-state index contributed by atoms with van der Waals surface area (Å²) in [7, 11) is 0. The summed E-state index contributed by atoms with van der Waals surface area (Å²) >= 11 is 11.0. The molecule has 4 heteroatoms. The van der Waals surface area contributed by atoms with E-state index in [0.29, 0.717) is 28.8 Å². The van der Waals surface area contributed by atoms with Crippen LogP contribution in [0.1, 0.15) is 6.42 Å². The van der Waals surface area contributed by atoms with E-state index in [1.54, 1.807) is 0 Å². The average Bonchev–Trinajstić information content (AvgIpc) is 2.41. The topological polar surface area (TPSA) is 35.2 Å². The van der Waals surface area contributed by atoms with Gasteiger partial charge in [0, 0.05) is 6.42 Å². The van der Waals surface area contributed by atoms with Crippen LogP contribution in [0.15, 0.2) is 48.5 Å². The van der Waals surface area contributed by atoms with Crippen LogP contribution in [-0.2, 0) is 0 Å². The summed E-state index contributed by atoms with van der Waals surface area (Å²) in [6.07, 6.45) is 0.548. The maximum atomic E-state index is 6.21. The largest absolute Gasteiger partial charge is 0.492 e. The Labute approximate surface area is 123 Å². The summed E-state index contributed by atoms with van der Waals surface area (Å²) in [6.45, 7) is 0.444. The van der Waals surface area contributed by atoms with Crippen molar-refractivity contribution in [1.29, 1.82) is 0 Å². The molecule has 0 atom stereocenters. The predicted molar refractivity (Wildman–Crippen MR) is 83.8 cm³/mol. The third kappa shape index (κ3) is 3.94. The second-order valence-corrected chi connectivity index (χ2v) is 5.01. The van der Waals surface area contributed by atoms with Crippen LogP contribution in [0.2, 0.25) is 5.02 Å². The lowest BCUT2D eigenvalue weighted by Gasteiger charge is -2.09. The Morgan fingerprint density at radius 2 is 1.84 bits per heavy atom. The number of thiocarbonyl (C=S) groups is 1. The summed E-state index contributed by atoms with van der Waals surface area (Å²) < 4.78 is 5.54. The molecular formula is C15H14ClNOS. The average molecular weight is 292 g/mol. The van der Waals surface area contributed by atoms with Crippen molar-refractivity contribution in [2.75, 3.05) is 6.61 Å². The summed E-state index contributed by atoms with van der Waals surface area (Å²) in [5, 5.41) is 0.587. The lowest BCUT2D eigenvalue weighted by Crippen LogP contribution is -2.12. The molecule has 0 unspecified atom stereocenters. The highest BCUT2D eigenvalue weighted by Crippen LogP contribution is 2.30. The zero-order valence-corrected chi connectivity index (χ0v) is 11.9. The molecular weight excluding hydrogens is 278 g/mol. The van der Waals surface area contributed by atoms with Crippen LogP contribution in [0.4, 0.5) is 0 Å². The first kappa shape index (κ1) is 13.8. The van der Waals surface area contributed by atoms with Gasteiger partial charge in [0.2, 0.25) is 0 Å². The van der Waals surface area contributed by atoms with Gasteiger partial charge in [0.1, 0.15) is 5.75 Å². The third-order valence-corrected chi connectivity index (χ3v) is 3.14. The fourth-order valence-electron chi connectivity index (χ4n) is 1.69. The van der Waals surface area contributed by atoms with Crippen molar-refractivity contribution in [3.05, 3.63) is 53.6 Å². The number of benzene rings is 2. The lowest BCUT2D eigenvalue weighted by molar-refractivity contribution is 0.330. The van der Waals surface area contributed by atoms with Crippen LogP contribution in [0, 0.1) is 0 Å². The maximum Gasteiger partial charge on any atom is 0.137 e. The zero-order valence-electron chi connectivity index (χ0n) is 10.3. The molecule has 2 N–H and O–H groups in total. The Kier molecular flexibility index (Phi) is 4.77. The maximum absolute atomic E-state index is 6.21. The molecule has 0 fully saturated rings. The van der Waals surface area contributed by atoms with Crippen molar-refractivity contribution in [1.82, 2.24) is 0 Å². The molecule has 2 aromatic carbocycles. The highest BCUT2D eigenvalue weighted by atomic mass is 35.5. The van der Waals surface area contributed by atoms with Gasteiger partial charge in [0.15, 0.2) is 0 Å². The Balaban J connectivity index is 2.11. The monoisotopic (exact) mass is 291 g/mol. The Bertz CT molecular complexity index is 572. The molecule has 0 spiro atoms. The molecule has 0 saturated heterocycles. The van der Waals surface area contributed by atoms with E-state index in [1.165, 1.54) is 0 Å². The van der Waals surface area contributed by atoms with E-state index >= 15 is 0 Å². The standard InChI is InChI=1S/C15H14ClNOS/c16-13-10-12(11-4-2-1-3-5-11)6-7-14(13)18-9-8-15(17)19/h1-7,10H,8-9H2,(H2,17,19). The van der Waals surface area contributed by atoms with Crippen LogP contribution < -0.4 is 10.5 Å². The van der Waals surface area contributed by atoms with E-state index in [-0.39, 0.29) is 0 Å². The molecule has 0 bridgehead atoms. The first-order valence-electron chi connectivity index (χ1n) is 5.93. The van der Waals surface area contributed by atoms with Gasteiger partial charge >= 0.3 is 0 Å². The predicted octanol–water partition coefficient (Wildman–Crippen LogP) is 4.06. The Morgan fingerprint density at radius 3 is 2.47 bits per heavy atom. The van der Waals surface area contributed by atoms with Gasteiger partial charge in [-0.05, 0) is 23.3 Å². The number of hydrogen-bond donors (Lipinski definition) is 1. The fourth-order valence-corrected chi connectivity index (χ4v) is 2.01. The molecule has 0 radical (unpaired) electrons. The molecule has 2 rings (SSSR count). The van der Waals surface area contributed by atoms with Crippen molar-refractivity contribution in [2.24, 2.45) is 5.73 Å². The van der Waals surface area contributed by atoms with Crippen molar-refractivity contribution < 1.29 is 4.74 Å². The second kappa shape index (κ2) is 6.55. The minimum absolute atomic E-state index is 0.442. The van der Waals surface area contributed by atoms with Gasteiger partial charge in [0.05, 0.1) is 16.6 Å². The summed E-state index contributed by atoms with van der Waals surface area (Å²) in [5.74, 6) is 0.651. The third-order valence-electron chi connectivity index (χ3n) is 2.65. The van der Waals surface area contributed by atoms with Gasteiger partial charge in [-0.25, -0.2) is 0 Å². The highest BCUT2D eigenvalue weighted by Gasteiger charge is 2.04. The van der Waals surface area contributed by atoms with Crippen LogP contribution in [0.5, 0.6) is 5.75 Å². The fraction of sp³-hybridized carbons (Fsp3) is 0.133. The zero-order chi connectivity index (χ0) is 13.7. The van der Waals surface area contributed by atoms with Gasteiger partial charge in [-0.3, -0.25) is 0 Å². The van der Waals surface area contributed by atoms with Crippen molar-refractivity contribution in [3.63, 3.8) is 0 Å². The van der Waals surface area contributed by atoms with Crippen molar-refractivity contribution in [2.45, 2.75) is 6.42 Å². The summed E-state index contributed by atoms with van der Waals surface area (Å²) in [5.41, 5.74) is 7.60. The number of halogens is 1. The number of rotatable bonds is 5. The van der Waals surface area contributed by atoms with E-state index in [9.17, 15) is 0 Å². The number of nitrogens with two attached hydrogens (primary N) is 1. The first-order chi connectivity index (χ1) is 9.16. The minimum atomic E-state index is 0.442. The van der Waals surface area contributed by atoms with E-state index in [4.69, 9.17) is 34.3 Å². The van der Waals surface area contributed by atoms with E-state index in [0.717, 1.165) is 11.1 Å².